The molecule has 47 heavy (non-hydrogen) atoms. The zero-order chi connectivity index (χ0) is 34.6. The maximum Gasteiger partial charge on any atom is 0.271 e. The van der Waals surface area contributed by atoms with E-state index in [1.54, 1.807) is 13.2 Å². The van der Waals surface area contributed by atoms with E-state index in [0.717, 1.165) is 50.8 Å². The first-order valence-corrected chi connectivity index (χ1v) is 18.5. The maximum absolute atomic E-state index is 11.6. The molecular weight excluding hydrogens is 667 g/mol. The number of anilines is 1. The minimum atomic E-state index is -4.20. The van der Waals surface area contributed by atoms with Crippen molar-refractivity contribution in [1.29, 1.82) is 0 Å². The third-order valence-corrected chi connectivity index (χ3v) is 10.2. The van der Waals surface area contributed by atoms with Crippen molar-refractivity contribution in [3.05, 3.63) is 95.8 Å². The van der Waals surface area contributed by atoms with Crippen LogP contribution in [0.25, 0.3) is 0 Å². The summed E-state index contributed by atoms with van der Waals surface area (Å²) in [4.78, 5) is 6.84. The minimum absolute atomic E-state index is 0.0547. The number of fused-ring (bicyclic) bond motifs is 2. The van der Waals surface area contributed by atoms with Crippen molar-refractivity contribution in [2.24, 2.45) is 5.90 Å². The fourth-order valence-corrected chi connectivity index (χ4v) is 7.16. The molecule has 0 amide bonds. The van der Waals surface area contributed by atoms with Gasteiger partial charge in [-0.05, 0) is 55.8 Å². The van der Waals surface area contributed by atoms with Gasteiger partial charge in [-0.25, -0.2) is 0 Å². The van der Waals surface area contributed by atoms with Crippen LogP contribution in [-0.2, 0) is 40.4 Å². The molecule has 0 radical (unpaired) electrons. The number of benzene rings is 2. The molecular formula is C32H40N3O9S3+. The van der Waals surface area contributed by atoms with Gasteiger partial charge in [-0.15, -0.1) is 9.32 Å². The molecule has 12 nitrogen and oxygen atoms in total. The van der Waals surface area contributed by atoms with E-state index in [-0.39, 0.29) is 13.1 Å². The third-order valence-electron chi connectivity index (χ3n) is 8.23. The van der Waals surface area contributed by atoms with Gasteiger partial charge in [-0.1, -0.05) is 44.2 Å². The Bertz CT molecular complexity index is 1880. The monoisotopic (exact) mass is 706 g/mol. The lowest BCUT2D eigenvalue weighted by atomic mass is 9.81. The summed E-state index contributed by atoms with van der Waals surface area (Å²) in [6.45, 7) is 8.27. The van der Waals surface area contributed by atoms with Crippen LogP contribution in [0.4, 0.5) is 11.4 Å². The average molecular weight is 707 g/mol. The topological polar surface area (TPSA) is 169 Å². The Morgan fingerprint density at radius 3 is 2.23 bits per heavy atom. The highest BCUT2D eigenvalue weighted by molar-refractivity contribution is 7.94. The summed E-state index contributed by atoms with van der Waals surface area (Å²) in [6, 6.07) is 11.2. The third kappa shape index (κ3) is 8.61. The summed E-state index contributed by atoms with van der Waals surface area (Å²) >= 11 is 0.948. The molecule has 0 unspecified atom stereocenters. The van der Waals surface area contributed by atoms with E-state index >= 15 is 0 Å². The molecule has 0 aromatic heterocycles. The van der Waals surface area contributed by atoms with Crippen LogP contribution in [0.3, 0.4) is 0 Å². The lowest BCUT2D eigenvalue weighted by Crippen LogP contribution is -2.30. The van der Waals surface area contributed by atoms with E-state index in [9.17, 15) is 25.9 Å². The SMILES string of the molecule is COc1ccc2c(c1)C(C)(C)\C(=C/C=C/C=C/C=C/C1=[N+](CCS(=O)(=O)O)c3ccc(SOON)cc3C1(C)C)N2CCS(=O)(=O)O. The summed E-state index contributed by atoms with van der Waals surface area (Å²) < 4.78 is 77.4. The second kappa shape index (κ2) is 14.5. The zero-order valence-corrected chi connectivity index (χ0v) is 29.2. The van der Waals surface area contributed by atoms with Gasteiger partial charge in [-0.2, -0.15) is 27.3 Å². The molecule has 2 aliphatic heterocycles. The molecule has 2 aromatic carbocycles. The van der Waals surface area contributed by atoms with E-state index in [1.165, 1.54) is 0 Å². The molecule has 4 N–H and O–H groups in total. The molecule has 0 bridgehead atoms. The lowest BCUT2D eigenvalue weighted by Gasteiger charge is -2.26. The van der Waals surface area contributed by atoms with Crippen LogP contribution < -0.4 is 15.5 Å². The van der Waals surface area contributed by atoms with E-state index in [0.29, 0.717) is 5.75 Å². The Morgan fingerprint density at radius 1 is 0.894 bits per heavy atom. The number of ether oxygens (including phenoxy) is 1. The van der Waals surface area contributed by atoms with E-state index in [2.05, 4.69) is 4.99 Å². The first kappa shape index (κ1) is 36.6. The molecule has 0 fully saturated rings. The van der Waals surface area contributed by atoms with E-state index < -0.39 is 42.6 Å². The first-order chi connectivity index (χ1) is 22.0. The second-order valence-corrected chi connectivity index (χ2v) is 15.9. The molecule has 0 spiro atoms. The highest BCUT2D eigenvalue weighted by Gasteiger charge is 2.45. The van der Waals surface area contributed by atoms with Crippen molar-refractivity contribution < 1.29 is 44.6 Å². The normalized spacial score (nSPS) is 18.3. The number of nitrogens with zero attached hydrogens (tertiary/aromatic N) is 2. The molecule has 15 heteroatoms. The van der Waals surface area contributed by atoms with Crippen molar-refractivity contribution >= 4 is 49.4 Å². The summed E-state index contributed by atoms with van der Waals surface area (Å²) in [7, 11) is -6.78. The van der Waals surface area contributed by atoms with Crippen molar-refractivity contribution in [1.82, 2.24) is 0 Å². The number of rotatable bonds is 14. The van der Waals surface area contributed by atoms with E-state index in [1.807, 2.05) is 110 Å². The second-order valence-electron chi connectivity index (χ2n) is 12.0. The summed E-state index contributed by atoms with van der Waals surface area (Å²) in [5, 5.41) is 0. The Kier molecular flexibility index (Phi) is 11.2. The quantitative estimate of drug-likeness (QED) is 0.0600. The average Bonchev–Trinajstić information content (AvgIpc) is 3.34. The number of hydrogen-bond acceptors (Lipinski definition) is 10. The Balaban J connectivity index is 1.59. The highest BCUT2D eigenvalue weighted by atomic mass is 32.2. The number of nitrogens with two attached hydrogens (primary N) is 1. The molecule has 2 aliphatic rings. The highest BCUT2D eigenvalue weighted by Crippen LogP contribution is 2.49. The Morgan fingerprint density at radius 2 is 1.57 bits per heavy atom. The van der Waals surface area contributed by atoms with Crippen LogP contribution >= 0.6 is 12.0 Å². The maximum atomic E-state index is 11.6. The molecule has 2 heterocycles. The van der Waals surface area contributed by atoms with Crippen LogP contribution in [0, 0.1) is 0 Å². The van der Waals surface area contributed by atoms with Crippen molar-refractivity contribution in [2.75, 3.05) is 36.6 Å². The van der Waals surface area contributed by atoms with Gasteiger partial charge in [0.25, 0.3) is 20.2 Å². The van der Waals surface area contributed by atoms with Gasteiger partial charge in [0, 0.05) is 45.9 Å². The van der Waals surface area contributed by atoms with Crippen molar-refractivity contribution in [3.63, 3.8) is 0 Å². The Labute approximate surface area is 280 Å². The largest absolute Gasteiger partial charge is 0.497 e. The molecule has 0 saturated heterocycles. The van der Waals surface area contributed by atoms with Gasteiger partial charge >= 0.3 is 0 Å². The van der Waals surface area contributed by atoms with Gasteiger partial charge in [0.15, 0.2) is 12.3 Å². The minimum Gasteiger partial charge on any atom is -0.497 e. The molecule has 2 aromatic rings. The standard InChI is InChI=1S/C32H39N3O9S3/c1-31(2)25-21-23(42-5)13-15-27(25)34(17-19-46(36,37)38)29(31)11-9-7-6-8-10-12-30-32(3,4)26-22-24(45-44-43-33)14-16-28(26)35(30)18-20-47(39,40)41/h6-16,21-22H,17-20,33H2,1-5H3,(H-,36,37,38,39,40,41)/p+1. The fraction of sp³-hybridized carbons (Fsp3) is 0.344. The van der Waals surface area contributed by atoms with Crippen molar-refractivity contribution in [3.8, 4) is 5.75 Å². The van der Waals surface area contributed by atoms with Gasteiger partial charge in [0.05, 0.1) is 30.3 Å². The van der Waals surface area contributed by atoms with Crippen LogP contribution in [0.15, 0.2) is 89.5 Å². The zero-order valence-electron chi connectivity index (χ0n) is 26.8. The molecule has 0 atom stereocenters. The summed E-state index contributed by atoms with van der Waals surface area (Å²) in [5.74, 6) is 4.80. The summed E-state index contributed by atoms with van der Waals surface area (Å²) in [6.07, 6.45) is 13.1. The smallest absolute Gasteiger partial charge is 0.271 e. The lowest BCUT2D eigenvalue weighted by molar-refractivity contribution is -0.432. The fourth-order valence-electron chi connectivity index (χ4n) is 5.93. The first-order valence-electron chi connectivity index (χ1n) is 14.6. The predicted octanol–water partition coefficient (Wildman–Crippen LogP) is 5.03. The summed E-state index contributed by atoms with van der Waals surface area (Å²) in [5.41, 5.74) is 4.28. The molecule has 0 saturated carbocycles. The Hall–Kier alpha value is -3.28. The number of allylic oxidation sites excluding steroid dienone is 8. The number of methoxy groups -OCH3 is 1. The predicted molar refractivity (Wildman–Crippen MR) is 183 cm³/mol. The van der Waals surface area contributed by atoms with Gasteiger partial charge in [0.1, 0.15) is 11.5 Å². The van der Waals surface area contributed by atoms with Crippen molar-refractivity contribution in [2.45, 2.75) is 43.4 Å². The van der Waals surface area contributed by atoms with Gasteiger partial charge in [-0.3, -0.25) is 9.11 Å². The molecule has 254 valence electrons. The van der Waals surface area contributed by atoms with Gasteiger partial charge < -0.3 is 9.64 Å². The van der Waals surface area contributed by atoms with Crippen LogP contribution in [0.2, 0.25) is 0 Å². The molecule has 4 rings (SSSR count). The van der Waals surface area contributed by atoms with E-state index in [4.69, 9.17) is 15.0 Å². The van der Waals surface area contributed by atoms with Crippen LogP contribution in [-0.4, -0.2) is 67.9 Å². The van der Waals surface area contributed by atoms with Crippen LogP contribution in [0.5, 0.6) is 5.75 Å². The van der Waals surface area contributed by atoms with Gasteiger partial charge in [0.2, 0.25) is 5.69 Å². The van der Waals surface area contributed by atoms with Crippen LogP contribution in [0.1, 0.15) is 38.8 Å². The molecule has 0 aliphatic carbocycles. The number of hydrogen-bond donors (Lipinski definition) is 3.